The van der Waals surface area contributed by atoms with E-state index in [9.17, 15) is 0 Å². The molecule has 0 aromatic rings. The average molecular weight is 203 g/mol. The SMILES string of the molecule is CC(C)P(C)CNC(C)(C)C(C)C. The lowest BCUT2D eigenvalue weighted by Crippen LogP contribution is -2.44. The molecule has 0 fully saturated rings. The molecule has 0 spiro atoms. The zero-order chi connectivity index (χ0) is 10.6. The van der Waals surface area contributed by atoms with Gasteiger partial charge in [-0.05, 0) is 32.1 Å². The van der Waals surface area contributed by atoms with Gasteiger partial charge in [-0.2, -0.15) is 0 Å². The summed E-state index contributed by atoms with van der Waals surface area (Å²) in [7, 11) is 0.160. The predicted molar refractivity (Wildman–Crippen MR) is 64.9 cm³/mol. The molecule has 0 heterocycles. The van der Waals surface area contributed by atoms with E-state index in [-0.39, 0.29) is 13.5 Å². The van der Waals surface area contributed by atoms with Crippen molar-refractivity contribution in [1.29, 1.82) is 0 Å². The van der Waals surface area contributed by atoms with E-state index >= 15 is 0 Å². The first-order valence-corrected chi connectivity index (χ1v) is 7.27. The van der Waals surface area contributed by atoms with Crippen LogP contribution in [0.15, 0.2) is 0 Å². The monoisotopic (exact) mass is 203 g/mol. The molecule has 0 aliphatic rings. The Balaban J connectivity index is 3.88. The fraction of sp³-hybridized carbons (Fsp3) is 1.00. The van der Waals surface area contributed by atoms with Gasteiger partial charge in [0.05, 0.1) is 0 Å². The second-order valence-electron chi connectivity index (χ2n) is 5.06. The molecule has 13 heavy (non-hydrogen) atoms. The minimum atomic E-state index is 0.160. The maximum absolute atomic E-state index is 3.67. The molecule has 0 rings (SSSR count). The van der Waals surface area contributed by atoms with Gasteiger partial charge < -0.3 is 5.32 Å². The lowest BCUT2D eigenvalue weighted by molar-refractivity contribution is 0.304. The quantitative estimate of drug-likeness (QED) is 0.674. The summed E-state index contributed by atoms with van der Waals surface area (Å²) in [4.78, 5) is 0. The van der Waals surface area contributed by atoms with Gasteiger partial charge in [0.2, 0.25) is 0 Å². The van der Waals surface area contributed by atoms with Crippen molar-refractivity contribution in [2.45, 2.75) is 52.7 Å². The fourth-order valence-corrected chi connectivity index (χ4v) is 1.74. The maximum atomic E-state index is 3.67. The van der Waals surface area contributed by atoms with Gasteiger partial charge >= 0.3 is 0 Å². The van der Waals surface area contributed by atoms with Crippen LogP contribution >= 0.6 is 7.92 Å². The van der Waals surface area contributed by atoms with Crippen molar-refractivity contribution < 1.29 is 0 Å². The molecule has 1 nitrogen and oxygen atoms in total. The molecule has 0 saturated heterocycles. The van der Waals surface area contributed by atoms with E-state index in [1.165, 1.54) is 6.29 Å². The Bertz CT molecular complexity index is 141. The third-order valence-corrected chi connectivity index (χ3v) is 5.53. The first kappa shape index (κ1) is 13.4. The summed E-state index contributed by atoms with van der Waals surface area (Å²) < 4.78 is 0. The van der Waals surface area contributed by atoms with Crippen LogP contribution in [0.25, 0.3) is 0 Å². The molecule has 0 aromatic carbocycles. The first-order chi connectivity index (χ1) is 5.77. The molecule has 1 unspecified atom stereocenters. The molecular formula is C11H26NP. The van der Waals surface area contributed by atoms with E-state index in [2.05, 4.69) is 53.5 Å². The lowest BCUT2D eigenvalue weighted by atomic mass is 9.91. The standard InChI is InChI=1S/C11H26NP/c1-9(2)11(5,6)12-8-13(7)10(3)4/h9-10,12H,8H2,1-7H3. The van der Waals surface area contributed by atoms with Gasteiger partial charge in [0.1, 0.15) is 0 Å². The minimum absolute atomic E-state index is 0.160. The summed E-state index contributed by atoms with van der Waals surface area (Å²) >= 11 is 0. The highest BCUT2D eigenvalue weighted by molar-refractivity contribution is 7.57. The van der Waals surface area contributed by atoms with Crippen LogP contribution in [0, 0.1) is 5.92 Å². The zero-order valence-electron chi connectivity index (χ0n) is 10.3. The van der Waals surface area contributed by atoms with Crippen LogP contribution in [0.2, 0.25) is 0 Å². The molecule has 0 radical (unpaired) electrons. The molecule has 0 aliphatic heterocycles. The highest BCUT2D eigenvalue weighted by Crippen LogP contribution is 2.35. The summed E-state index contributed by atoms with van der Waals surface area (Å²) in [6.07, 6.45) is 1.19. The van der Waals surface area contributed by atoms with Gasteiger partial charge in [0.15, 0.2) is 0 Å². The van der Waals surface area contributed by atoms with Crippen LogP contribution in [0.4, 0.5) is 0 Å². The third kappa shape index (κ3) is 4.98. The first-order valence-electron chi connectivity index (χ1n) is 5.22. The highest BCUT2D eigenvalue weighted by atomic mass is 31.1. The van der Waals surface area contributed by atoms with Gasteiger partial charge in [-0.3, -0.25) is 0 Å². The van der Waals surface area contributed by atoms with Crippen LogP contribution in [-0.2, 0) is 0 Å². The van der Waals surface area contributed by atoms with Crippen molar-refractivity contribution in [3.63, 3.8) is 0 Å². The third-order valence-electron chi connectivity index (χ3n) is 3.11. The number of hydrogen-bond acceptors (Lipinski definition) is 1. The summed E-state index contributed by atoms with van der Waals surface area (Å²) in [6.45, 7) is 16.2. The Morgan fingerprint density at radius 3 is 1.92 bits per heavy atom. The number of rotatable bonds is 5. The summed E-state index contributed by atoms with van der Waals surface area (Å²) in [5.41, 5.74) is 1.12. The van der Waals surface area contributed by atoms with E-state index in [0.717, 1.165) is 5.66 Å². The fourth-order valence-electron chi connectivity index (χ4n) is 0.715. The zero-order valence-corrected chi connectivity index (χ0v) is 11.2. The van der Waals surface area contributed by atoms with Crippen LogP contribution in [0.1, 0.15) is 41.5 Å². The van der Waals surface area contributed by atoms with Crippen molar-refractivity contribution in [1.82, 2.24) is 5.32 Å². The molecule has 0 saturated carbocycles. The molecule has 1 atom stereocenters. The van der Waals surface area contributed by atoms with Crippen molar-refractivity contribution >= 4 is 7.92 Å². The second-order valence-corrected chi connectivity index (χ2v) is 7.93. The molecule has 2 heteroatoms. The number of nitrogens with one attached hydrogen (secondary N) is 1. The van der Waals surface area contributed by atoms with E-state index in [0.29, 0.717) is 5.92 Å². The lowest BCUT2D eigenvalue weighted by Gasteiger charge is -2.33. The van der Waals surface area contributed by atoms with Gasteiger partial charge in [0.25, 0.3) is 0 Å². The van der Waals surface area contributed by atoms with E-state index in [4.69, 9.17) is 0 Å². The van der Waals surface area contributed by atoms with E-state index in [1.807, 2.05) is 0 Å². The van der Waals surface area contributed by atoms with Crippen molar-refractivity contribution in [3.8, 4) is 0 Å². The van der Waals surface area contributed by atoms with Gasteiger partial charge in [-0.15, -0.1) is 0 Å². The molecule has 0 bridgehead atoms. The van der Waals surface area contributed by atoms with E-state index < -0.39 is 0 Å². The molecule has 0 aliphatic carbocycles. The Labute approximate surface area is 85.4 Å². The smallest absolute Gasteiger partial charge is 0.0160 e. The summed E-state index contributed by atoms with van der Waals surface area (Å²) in [5, 5.41) is 3.67. The Hall–Kier alpha value is 0.390. The Morgan fingerprint density at radius 2 is 1.62 bits per heavy atom. The molecule has 80 valence electrons. The Kier molecular flexibility index (Phi) is 5.47. The largest absolute Gasteiger partial charge is 0.308 e. The van der Waals surface area contributed by atoms with Crippen LogP contribution < -0.4 is 5.32 Å². The topological polar surface area (TPSA) is 12.0 Å². The maximum Gasteiger partial charge on any atom is 0.0160 e. The number of hydrogen-bond donors (Lipinski definition) is 1. The second kappa shape index (κ2) is 5.32. The molecule has 0 aromatic heterocycles. The van der Waals surface area contributed by atoms with Gasteiger partial charge in [-0.1, -0.05) is 35.6 Å². The average Bonchev–Trinajstić information content (AvgIpc) is 1.99. The van der Waals surface area contributed by atoms with Crippen LogP contribution in [0.5, 0.6) is 0 Å². The molecule has 1 N–H and O–H groups in total. The summed E-state index contributed by atoms with van der Waals surface area (Å²) in [6, 6.07) is 0. The molecular weight excluding hydrogens is 177 g/mol. The Morgan fingerprint density at radius 1 is 1.15 bits per heavy atom. The van der Waals surface area contributed by atoms with Crippen molar-refractivity contribution in [3.05, 3.63) is 0 Å². The highest BCUT2D eigenvalue weighted by Gasteiger charge is 2.22. The van der Waals surface area contributed by atoms with Crippen LogP contribution in [-0.4, -0.2) is 24.1 Å². The predicted octanol–water partition coefficient (Wildman–Crippen LogP) is 3.49. The van der Waals surface area contributed by atoms with Gasteiger partial charge in [0, 0.05) is 11.8 Å². The molecule has 0 amide bonds. The summed E-state index contributed by atoms with van der Waals surface area (Å²) in [5.74, 6) is 0.697. The van der Waals surface area contributed by atoms with Crippen molar-refractivity contribution in [2.24, 2.45) is 5.92 Å². The minimum Gasteiger partial charge on any atom is -0.308 e. The van der Waals surface area contributed by atoms with Crippen LogP contribution in [0.3, 0.4) is 0 Å². The normalized spacial score (nSPS) is 15.5. The van der Waals surface area contributed by atoms with E-state index in [1.54, 1.807) is 0 Å². The van der Waals surface area contributed by atoms with Gasteiger partial charge in [-0.25, -0.2) is 0 Å². The van der Waals surface area contributed by atoms with Crippen molar-refractivity contribution in [2.75, 3.05) is 13.0 Å².